The molecule has 0 radical (unpaired) electrons. The Hall–Kier alpha value is -14.2. The van der Waals surface area contributed by atoms with E-state index in [1.807, 2.05) is 218 Å². The zero-order chi connectivity index (χ0) is 77.9. The Labute approximate surface area is 672 Å². The van der Waals surface area contributed by atoms with E-state index in [1.165, 1.54) is 37.7 Å². The number of hydrogen-bond acceptors (Lipinski definition) is 6. The summed E-state index contributed by atoms with van der Waals surface area (Å²) < 4.78 is 52.8. The van der Waals surface area contributed by atoms with Crippen molar-refractivity contribution in [2.45, 2.75) is 0 Å². The van der Waals surface area contributed by atoms with Gasteiger partial charge in [-0.2, -0.15) is 0 Å². The van der Waals surface area contributed by atoms with Crippen LogP contribution in [0.5, 0.6) is 0 Å². The number of rotatable bonds is 9. The van der Waals surface area contributed by atoms with E-state index in [-0.39, 0.29) is 0 Å². The first kappa shape index (κ1) is 69.5. The molecule has 6 aromatic heterocycles. The van der Waals surface area contributed by atoms with Gasteiger partial charge in [0.05, 0.1) is 44.1 Å². The highest BCUT2D eigenvalue weighted by atomic mass is 31.2. The lowest BCUT2D eigenvalue weighted by Crippen LogP contribution is -2.25. The van der Waals surface area contributed by atoms with Crippen LogP contribution >= 0.6 is 21.4 Å². The Morgan fingerprint density at radius 1 is 0.188 bits per heavy atom. The van der Waals surface area contributed by atoms with Crippen molar-refractivity contribution in [1.29, 1.82) is 0 Å². The van der Waals surface area contributed by atoms with Crippen LogP contribution < -0.4 is 47.7 Å². The van der Waals surface area contributed by atoms with Gasteiger partial charge < -0.3 is 13.7 Å². The van der Waals surface area contributed by atoms with Crippen molar-refractivity contribution in [1.82, 2.24) is 28.2 Å². The number of para-hydroxylation sites is 6. The smallest absolute Gasteiger partial charge is 0.173 e. The van der Waals surface area contributed by atoms with Gasteiger partial charge in [-0.1, -0.05) is 358 Å². The van der Waals surface area contributed by atoms with Gasteiger partial charge in [-0.25, -0.2) is 15.0 Å². The molecule has 12 heteroatoms. The number of aromatic nitrogens is 6. The minimum atomic E-state index is -3.24. The van der Waals surface area contributed by atoms with Crippen LogP contribution in [0.1, 0.15) is 0 Å². The fourth-order valence-electron chi connectivity index (χ4n) is 18.2. The molecule has 0 amide bonds. The molecule has 0 fully saturated rings. The van der Waals surface area contributed by atoms with Crippen molar-refractivity contribution in [2.24, 2.45) is 0 Å². The second kappa shape index (κ2) is 27.8. The summed E-state index contributed by atoms with van der Waals surface area (Å²) in [6.07, 6.45) is 0. The van der Waals surface area contributed by atoms with Crippen LogP contribution in [0, 0.1) is 0 Å². The lowest BCUT2D eigenvalue weighted by atomic mass is 9.99. The van der Waals surface area contributed by atoms with Crippen LogP contribution in [0.25, 0.3) is 147 Å². The molecule has 0 atom stereocenters. The quantitative estimate of drug-likeness (QED) is 0.105. The molecule has 0 N–H and O–H groups in total. The largest absolute Gasteiger partial charge is 0.309 e. The molecule has 0 spiro atoms. The fraction of sp³-hybridized carbons (Fsp3) is 0. The number of hydrogen-bond donors (Lipinski definition) is 0. The zero-order valence-corrected chi connectivity index (χ0v) is 65.8. The van der Waals surface area contributed by atoms with Crippen molar-refractivity contribution in [3.8, 4) is 0 Å². The molecule has 6 heterocycles. The maximum Gasteiger partial charge on any atom is 0.173 e. The summed E-state index contributed by atoms with van der Waals surface area (Å²) in [5, 5.41) is 24.3. The third-order valence-electron chi connectivity index (χ3n) is 23.5. The van der Waals surface area contributed by atoms with E-state index in [4.69, 9.17) is 15.0 Å². The van der Waals surface area contributed by atoms with E-state index < -0.39 is 21.4 Å². The number of benzene rings is 18. The summed E-state index contributed by atoms with van der Waals surface area (Å²) in [4.78, 5) is 15.8. The number of imidazole rings is 3. The van der Waals surface area contributed by atoms with Crippen LogP contribution in [-0.4, -0.2) is 28.2 Å². The topological polar surface area (TPSA) is 103 Å². The number of nitrogens with zero attached hydrogens (tertiary/aromatic N) is 6. The average Bonchev–Trinajstić information content (AvgIpc) is 1.57. The molecular formula is C105H69N6O3P3. The van der Waals surface area contributed by atoms with E-state index in [0.29, 0.717) is 0 Å². The first-order chi connectivity index (χ1) is 57.7. The predicted octanol–water partition coefficient (Wildman–Crippen LogP) is 22.8. The SMILES string of the molecule is O=P(c1ccccc1)(c1ccccc1)c1ccc2c(c1)nc1c3c4ccccc4ccc3c3ccccc3n21.O=P(c1ccccc1)(c1ccccc1)c1cccc2c1nc1c3c4ccccc4ccc3c3ccccc3n21.O=P(c1ccccc1)(c1ccccc1)c1cccc2ccc3c4ccccc4n4c5ccccc5nc4c3c12. The lowest BCUT2D eigenvalue weighted by Gasteiger charge is -2.23. The molecule has 24 rings (SSSR count). The molecule has 0 unspecified atom stereocenters. The van der Waals surface area contributed by atoms with Crippen molar-refractivity contribution < 1.29 is 13.7 Å². The fourth-order valence-corrected chi connectivity index (χ4v) is 26.6. The second-order valence-corrected chi connectivity index (χ2v) is 38.0. The number of pyridine rings is 3. The standard InChI is InChI=1S/3C35H23N2OP/c38-39(25-13-3-1-4-14-25,26-15-5-2-6-16-26)32-21-11-12-24-22-23-28-27-17-7-9-19-30(27)37-31-20-10-8-18-29(31)36-35(37)34(28)33(24)32;38-39(25-13-3-1-4-14-25,26-15-5-2-6-16-26)32-21-11-20-31-34(32)36-35-33-27-17-8-7-12-24(27)22-23-29(33)28-18-9-10-19-30(28)37(31)35;38-39(25-12-3-1-4-13-25,26-14-5-2-6-15-26)27-20-22-33-31(23-27)36-35-34-28-16-8-7-11-24(28)19-21-30(34)29-17-9-10-18-32(29)37(33)35/h3*1-23H. The summed E-state index contributed by atoms with van der Waals surface area (Å²) in [6, 6.07) is 141. The maximum absolute atomic E-state index is 15.6. The first-order valence-corrected chi connectivity index (χ1v) is 44.4. The van der Waals surface area contributed by atoms with E-state index in [1.54, 1.807) is 0 Å². The monoisotopic (exact) mass is 1550 g/mol. The van der Waals surface area contributed by atoms with Gasteiger partial charge in [-0.05, 0) is 104 Å². The Kier molecular flexibility index (Phi) is 16.6. The Bertz CT molecular complexity index is 8170. The normalized spacial score (nSPS) is 12.2. The van der Waals surface area contributed by atoms with Crippen molar-refractivity contribution >= 4 is 217 Å². The van der Waals surface area contributed by atoms with Crippen LogP contribution in [0.4, 0.5) is 0 Å². The van der Waals surface area contributed by atoms with Crippen LogP contribution in [0.3, 0.4) is 0 Å². The average molecular weight is 1560 g/mol. The van der Waals surface area contributed by atoms with Gasteiger partial charge in [-0.3, -0.25) is 13.2 Å². The van der Waals surface area contributed by atoms with Gasteiger partial charge in [0.2, 0.25) is 0 Å². The maximum atomic E-state index is 15.6. The molecule has 552 valence electrons. The molecule has 0 bridgehead atoms. The van der Waals surface area contributed by atoms with Gasteiger partial charge >= 0.3 is 0 Å². The molecule has 9 nitrogen and oxygen atoms in total. The molecule has 0 saturated heterocycles. The van der Waals surface area contributed by atoms with E-state index in [0.717, 1.165) is 157 Å². The van der Waals surface area contributed by atoms with E-state index >= 15 is 13.7 Å². The van der Waals surface area contributed by atoms with Crippen molar-refractivity contribution in [2.75, 3.05) is 0 Å². The first-order valence-electron chi connectivity index (χ1n) is 39.3. The number of fused-ring (bicyclic) bond motifs is 30. The zero-order valence-electron chi connectivity index (χ0n) is 63.1. The van der Waals surface area contributed by atoms with E-state index in [2.05, 4.69) is 213 Å². The Balaban J connectivity index is 0.000000106. The predicted molar refractivity (Wildman–Crippen MR) is 494 cm³/mol. The minimum Gasteiger partial charge on any atom is -0.309 e. The van der Waals surface area contributed by atoms with Gasteiger partial charge in [-0.15, -0.1) is 0 Å². The van der Waals surface area contributed by atoms with Crippen molar-refractivity contribution in [3.63, 3.8) is 0 Å². The highest BCUT2D eigenvalue weighted by Crippen LogP contribution is 2.50. The minimum absolute atomic E-state index is 0.763. The van der Waals surface area contributed by atoms with Crippen LogP contribution in [0.2, 0.25) is 0 Å². The third kappa shape index (κ3) is 10.9. The molecular weight excluding hydrogens is 1490 g/mol. The van der Waals surface area contributed by atoms with Gasteiger partial charge in [0.15, 0.2) is 21.4 Å². The highest BCUT2D eigenvalue weighted by Gasteiger charge is 2.36. The van der Waals surface area contributed by atoms with Gasteiger partial charge in [0.25, 0.3) is 0 Å². The summed E-state index contributed by atoms with van der Waals surface area (Å²) in [5.41, 5.74) is 11.6. The summed E-state index contributed by atoms with van der Waals surface area (Å²) in [7, 11) is -9.57. The summed E-state index contributed by atoms with van der Waals surface area (Å²) in [5.74, 6) is 0. The molecule has 18 aromatic carbocycles. The van der Waals surface area contributed by atoms with Gasteiger partial charge in [0, 0.05) is 85.4 Å². The molecule has 0 aliphatic rings. The van der Waals surface area contributed by atoms with Gasteiger partial charge in [0.1, 0.15) is 22.5 Å². The molecule has 0 aliphatic carbocycles. The molecule has 0 saturated carbocycles. The summed E-state index contributed by atoms with van der Waals surface area (Å²) in [6.45, 7) is 0. The Morgan fingerprint density at radius 3 is 1.00 bits per heavy atom. The van der Waals surface area contributed by atoms with Crippen LogP contribution in [-0.2, 0) is 13.7 Å². The second-order valence-electron chi connectivity index (χ2n) is 29.8. The third-order valence-corrected chi connectivity index (χ3v) is 32.7. The summed E-state index contributed by atoms with van der Waals surface area (Å²) >= 11 is 0. The van der Waals surface area contributed by atoms with Crippen molar-refractivity contribution in [3.05, 3.63) is 419 Å². The van der Waals surface area contributed by atoms with E-state index in [9.17, 15) is 0 Å². The molecule has 117 heavy (non-hydrogen) atoms. The highest BCUT2D eigenvalue weighted by molar-refractivity contribution is 7.86. The molecule has 24 aromatic rings. The Morgan fingerprint density at radius 2 is 0.513 bits per heavy atom. The van der Waals surface area contributed by atoms with Crippen LogP contribution in [0.15, 0.2) is 419 Å². The lowest BCUT2D eigenvalue weighted by molar-refractivity contribution is 0.591. The molecule has 0 aliphatic heterocycles.